The van der Waals surface area contributed by atoms with Gasteiger partial charge in [-0.1, -0.05) is 38.3 Å². The van der Waals surface area contributed by atoms with E-state index in [1.807, 2.05) is 6.07 Å². The van der Waals surface area contributed by atoms with E-state index >= 15 is 0 Å². The molecule has 1 aromatic carbocycles. The Morgan fingerprint density at radius 1 is 1.18 bits per heavy atom. The first kappa shape index (κ1) is 15.5. The molecule has 4 nitrogen and oxygen atoms in total. The quantitative estimate of drug-likeness (QED) is 0.892. The van der Waals surface area contributed by atoms with Gasteiger partial charge in [0.2, 0.25) is 0 Å². The van der Waals surface area contributed by atoms with Crippen molar-refractivity contribution in [3.05, 3.63) is 22.7 Å². The molecule has 1 aliphatic carbocycles. The molecule has 0 aromatic heterocycles. The molecule has 120 valence electrons. The van der Waals surface area contributed by atoms with E-state index in [1.165, 1.54) is 0 Å². The van der Waals surface area contributed by atoms with Crippen molar-refractivity contribution in [2.75, 3.05) is 13.2 Å². The van der Waals surface area contributed by atoms with E-state index in [9.17, 15) is 9.90 Å². The molecule has 0 saturated heterocycles. The summed E-state index contributed by atoms with van der Waals surface area (Å²) < 4.78 is 11.7. The van der Waals surface area contributed by atoms with Crippen molar-refractivity contribution in [3.8, 4) is 11.5 Å². The zero-order chi connectivity index (χ0) is 16.0. The van der Waals surface area contributed by atoms with Crippen molar-refractivity contribution in [2.45, 2.75) is 44.9 Å². The van der Waals surface area contributed by atoms with Crippen LogP contribution in [0.3, 0.4) is 0 Å². The van der Waals surface area contributed by atoms with Gasteiger partial charge in [-0.2, -0.15) is 0 Å². The van der Waals surface area contributed by atoms with Crippen LogP contribution in [0.4, 0.5) is 0 Å². The van der Waals surface area contributed by atoms with Gasteiger partial charge < -0.3 is 14.6 Å². The van der Waals surface area contributed by atoms with Gasteiger partial charge in [-0.15, -0.1) is 0 Å². The summed E-state index contributed by atoms with van der Waals surface area (Å²) in [6.45, 7) is 5.15. The third-order valence-electron chi connectivity index (χ3n) is 4.65. The van der Waals surface area contributed by atoms with Crippen LogP contribution in [0.5, 0.6) is 11.5 Å². The molecule has 22 heavy (non-hydrogen) atoms. The van der Waals surface area contributed by atoms with Gasteiger partial charge in [-0.3, -0.25) is 4.79 Å². The van der Waals surface area contributed by atoms with Gasteiger partial charge in [-0.05, 0) is 30.5 Å². The minimum atomic E-state index is -0.843. The Morgan fingerprint density at radius 3 is 2.45 bits per heavy atom. The predicted octanol–water partition coefficient (Wildman–Crippen LogP) is 4.03. The molecule has 1 saturated carbocycles. The van der Waals surface area contributed by atoms with Crippen LogP contribution >= 0.6 is 11.6 Å². The lowest BCUT2D eigenvalue weighted by atomic mass is 9.79. The fourth-order valence-electron chi connectivity index (χ4n) is 3.28. The van der Waals surface area contributed by atoms with E-state index in [-0.39, 0.29) is 5.41 Å². The van der Waals surface area contributed by atoms with E-state index < -0.39 is 11.4 Å². The largest absolute Gasteiger partial charge is 0.489 e. The molecular weight excluding hydrogens is 304 g/mol. The molecule has 0 spiro atoms. The summed E-state index contributed by atoms with van der Waals surface area (Å²) in [5.74, 6) is 0.297. The third kappa shape index (κ3) is 2.54. The van der Waals surface area contributed by atoms with Crippen molar-refractivity contribution >= 4 is 17.6 Å². The van der Waals surface area contributed by atoms with Crippen molar-refractivity contribution < 1.29 is 19.4 Å². The Kier molecular flexibility index (Phi) is 3.76. The molecule has 3 rings (SSSR count). The second-order valence-electron chi connectivity index (χ2n) is 7.12. The molecular formula is C17H21ClO4. The van der Waals surface area contributed by atoms with Gasteiger partial charge in [0.1, 0.15) is 0 Å². The number of carboxylic acid groups (broad SMARTS) is 1. The number of benzene rings is 1. The van der Waals surface area contributed by atoms with Crippen LogP contribution in [0.1, 0.15) is 45.1 Å². The molecule has 5 heteroatoms. The lowest BCUT2D eigenvalue weighted by Gasteiger charge is -2.25. The molecule has 0 amide bonds. The Hall–Kier alpha value is -1.42. The standard InChI is InChI=1S/C17H21ClO4/c1-16(2)9-21-13-8-11(7-12(18)14(13)22-10-16)17(15(19)20)5-3-4-6-17/h7-8H,3-6,9-10H2,1-2H3,(H,19,20). The van der Waals surface area contributed by atoms with Crippen LogP contribution in [-0.4, -0.2) is 24.3 Å². The van der Waals surface area contributed by atoms with E-state index in [0.717, 1.165) is 18.4 Å². The van der Waals surface area contributed by atoms with Gasteiger partial charge in [0.25, 0.3) is 0 Å². The second kappa shape index (κ2) is 5.34. The number of rotatable bonds is 2. The molecule has 1 fully saturated rings. The minimum absolute atomic E-state index is 0.111. The normalized spacial score (nSPS) is 22.1. The highest BCUT2D eigenvalue weighted by Gasteiger charge is 2.44. The number of carbonyl (C=O) groups is 1. The summed E-state index contributed by atoms with van der Waals surface area (Å²) in [4.78, 5) is 11.9. The average molecular weight is 325 g/mol. The zero-order valence-electron chi connectivity index (χ0n) is 12.9. The maximum atomic E-state index is 11.9. The lowest BCUT2D eigenvalue weighted by Crippen LogP contribution is -2.32. The summed E-state index contributed by atoms with van der Waals surface area (Å²) >= 11 is 6.36. The Balaban J connectivity index is 2.04. The van der Waals surface area contributed by atoms with E-state index in [4.69, 9.17) is 21.1 Å². The van der Waals surface area contributed by atoms with Gasteiger partial charge >= 0.3 is 5.97 Å². The molecule has 0 radical (unpaired) electrons. The summed E-state index contributed by atoms with van der Waals surface area (Å²) in [5, 5.41) is 10.2. The Bertz CT molecular complexity index is 603. The first-order valence-electron chi connectivity index (χ1n) is 7.67. The number of ether oxygens (including phenoxy) is 2. The summed E-state index contributed by atoms with van der Waals surface area (Å²) in [5.41, 5.74) is -0.228. The molecule has 0 atom stereocenters. The van der Waals surface area contributed by atoms with Crippen molar-refractivity contribution in [3.63, 3.8) is 0 Å². The molecule has 1 heterocycles. The van der Waals surface area contributed by atoms with Gasteiger partial charge in [0, 0.05) is 5.41 Å². The average Bonchev–Trinajstić information content (AvgIpc) is 2.89. The molecule has 0 unspecified atom stereocenters. The summed E-state index contributed by atoms with van der Waals surface area (Å²) in [6, 6.07) is 3.55. The van der Waals surface area contributed by atoms with Crippen LogP contribution in [0.2, 0.25) is 5.02 Å². The number of hydrogen-bond acceptors (Lipinski definition) is 3. The first-order chi connectivity index (χ1) is 10.3. The van der Waals surface area contributed by atoms with Crippen LogP contribution in [0.25, 0.3) is 0 Å². The molecule has 2 aliphatic rings. The maximum Gasteiger partial charge on any atom is 0.314 e. The maximum absolute atomic E-state index is 11.9. The lowest BCUT2D eigenvalue weighted by molar-refractivity contribution is -0.143. The SMILES string of the molecule is CC1(C)COc2cc(C3(C(=O)O)CCCC3)cc(Cl)c2OC1. The van der Waals surface area contributed by atoms with Crippen LogP contribution < -0.4 is 9.47 Å². The number of halogens is 1. The molecule has 0 bridgehead atoms. The monoisotopic (exact) mass is 324 g/mol. The smallest absolute Gasteiger partial charge is 0.314 e. The van der Waals surface area contributed by atoms with Gasteiger partial charge in [-0.25, -0.2) is 0 Å². The van der Waals surface area contributed by atoms with Crippen LogP contribution in [0, 0.1) is 5.41 Å². The molecule has 1 aliphatic heterocycles. The van der Waals surface area contributed by atoms with E-state index in [1.54, 1.807) is 6.07 Å². The van der Waals surface area contributed by atoms with Crippen LogP contribution in [0.15, 0.2) is 12.1 Å². The van der Waals surface area contributed by atoms with Gasteiger partial charge in [0.15, 0.2) is 11.5 Å². The van der Waals surface area contributed by atoms with Crippen molar-refractivity contribution in [2.24, 2.45) is 5.41 Å². The number of hydrogen-bond donors (Lipinski definition) is 1. The zero-order valence-corrected chi connectivity index (χ0v) is 13.7. The predicted molar refractivity (Wildman–Crippen MR) is 84.0 cm³/mol. The first-order valence-corrected chi connectivity index (χ1v) is 8.05. The third-order valence-corrected chi connectivity index (χ3v) is 4.94. The Labute approximate surface area is 135 Å². The number of aliphatic carboxylic acids is 1. The van der Waals surface area contributed by atoms with Crippen LogP contribution in [-0.2, 0) is 10.2 Å². The highest BCUT2D eigenvalue weighted by Crippen LogP contribution is 2.47. The molecule has 1 aromatic rings. The summed E-state index contributed by atoms with van der Waals surface area (Å²) in [6.07, 6.45) is 3.13. The summed E-state index contributed by atoms with van der Waals surface area (Å²) in [7, 11) is 0. The second-order valence-corrected chi connectivity index (χ2v) is 7.53. The van der Waals surface area contributed by atoms with Gasteiger partial charge in [0.05, 0.1) is 23.7 Å². The van der Waals surface area contributed by atoms with Crippen molar-refractivity contribution in [1.82, 2.24) is 0 Å². The topological polar surface area (TPSA) is 55.8 Å². The fourth-order valence-corrected chi connectivity index (χ4v) is 3.54. The Morgan fingerprint density at radius 2 is 1.82 bits per heavy atom. The number of carboxylic acids is 1. The van der Waals surface area contributed by atoms with E-state index in [0.29, 0.717) is 42.6 Å². The highest BCUT2D eigenvalue weighted by atomic mass is 35.5. The minimum Gasteiger partial charge on any atom is -0.489 e. The number of fused-ring (bicyclic) bond motifs is 1. The van der Waals surface area contributed by atoms with Crippen molar-refractivity contribution in [1.29, 1.82) is 0 Å². The van der Waals surface area contributed by atoms with E-state index in [2.05, 4.69) is 13.8 Å². The molecule has 1 N–H and O–H groups in total. The highest BCUT2D eigenvalue weighted by molar-refractivity contribution is 6.32. The fraction of sp³-hybridized carbons (Fsp3) is 0.588.